The number of benzene rings is 1. The van der Waals surface area contributed by atoms with E-state index in [4.69, 9.17) is 0 Å². The van der Waals surface area contributed by atoms with Crippen LogP contribution in [0, 0.1) is 18.8 Å². The minimum Gasteiger partial charge on any atom is -0.319 e. The molecule has 1 rings (SSSR count). The Morgan fingerprint density at radius 2 is 1.81 bits per heavy atom. The first-order valence-electron chi connectivity index (χ1n) is 6.37. The fourth-order valence-corrected chi connectivity index (χ4v) is 2.10. The summed E-state index contributed by atoms with van der Waals surface area (Å²) in [5.41, 5.74) is 2.81. The summed E-state index contributed by atoms with van der Waals surface area (Å²) >= 11 is 0. The van der Waals surface area contributed by atoms with Crippen LogP contribution in [0.25, 0.3) is 0 Å². The van der Waals surface area contributed by atoms with Crippen LogP contribution in [-0.4, -0.2) is 13.6 Å². The molecular weight excluding hydrogens is 194 g/mol. The standard InChI is InChI=1S/C15H25N/c1-5-13(3)15(11-16-4)10-14-8-6-12(2)7-9-14/h6-9,13,15-16H,5,10-11H2,1-4H3. The maximum absolute atomic E-state index is 3.31. The van der Waals surface area contributed by atoms with E-state index >= 15 is 0 Å². The van der Waals surface area contributed by atoms with E-state index in [1.165, 1.54) is 24.0 Å². The van der Waals surface area contributed by atoms with Gasteiger partial charge in [-0.05, 0) is 44.3 Å². The Balaban J connectivity index is 2.63. The molecule has 0 spiro atoms. The van der Waals surface area contributed by atoms with Crippen molar-refractivity contribution in [2.45, 2.75) is 33.6 Å². The zero-order valence-electron chi connectivity index (χ0n) is 11.1. The van der Waals surface area contributed by atoms with E-state index in [2.05, 4.69) is 50.4 Å². The highest BCUT2D eigenvalue weighted by atomic mass is 14.8. The van der Waals surface area contributed by atoms with E-state index in [9.17, 15) is 0 Å². The van der Waals surface area contributed by atoms with Crippen molar-refractivity contribution in [1.82, 2.24) is 5.32 Å². The molecule has 2 unspecified atom stereocenters. The van der Waals surface area contributed by atoms with Crippen LogP contribution in [0.4, 0.5) is 0 Å². The van der Waals surface area contributed by atoms with E-state index in [1.54, 1.807) is 0 Å². The Bertz CT molecular complexity index is 289. The number of nitrogens with one attached hydrogen (secondary N) is 1. The quantitative estimate of drug-likeness (QED) is 0.773. The van der Waals surface area contributed by atoms with Gasteiger partial charge in [-0.3, -0.25) is 0 Å². The molecular formula is C15H25N. The van der Waals surface area contributed by atoms with Gasteiger partial charge in [-0.15, -0.1) is 0 Å². The zero-order valence-corrected chi connectivity index (χ0v) is 11.1. The Morgan fingerprint density at radius 3 is 2.31 bits per heavy atom. The lowest BCUT2D eigenvalue weighted by atomic mass is 9.86. The summed E-state index contributed by atoms with van der Waals surface area (Å²) < 4.78 is 0. The maximum Gasteiger partial charge on any atom is -0.00178 e. The summed E-state index contributed by atoms with van der Waals surface area (Å²) in [6.07, 6.45) is 2.45. The van der Waals surface area contributed by atoms with Crippen molar-refractivity contribution in [3.05, 3.63) is 35.4 Å². The molecule has 0 heterocycles. The van der Waals surface area contributed by atoms with Gasteiger partial charge in [0.25, 0.3) is 0 Å². The van der Waals surface area contributed by atoms with Gasteiger partial charge >= 0.3 is 0 Å². The molecule has 90 valence electrons. The molecule has 0 amide bonds. The summed E-state index contributed by atoms with van der Waals surface area (Å²) in [6.45, 7) is 7.89. The predicted molar refractivity (Wildman–Crippen MR) is 71.8 cm³/mol. The van der Waals surface area contributed by atoms with Crippen LogP contribution in [0.15, 0.2) is 24.3 Å². The predicted octanol–water partition coefficient (Wildman–Crippen LogP) is 3.42. The zero-order chi connectivity index (χ0) is 12.0. The third-order valence-electron chi connectivity index (χ3n) is 3.53. The Hall–Kier alpha value is -0.820. The molecule has 0 aromatic heterocycles. The van der Waals surface area contributed by atoms with Crippen molar-refractivity contribution >= 4 is 0 Å². The maximum atomic E-state index is 3.31. The summed E-state index contributed by atoms with van der Waals surface area (Å²) in [6, 6.07) is 8.95. The van der Waals surface area contributed by atoms with Crippen LogP contribution >= 0.6 is 0 Å². The fraction of sp³-hybridized carbons (Fsp3) is 0.600. The van der Waals surface area contributed by atoms with E-state index in [0.29, 0.717) is 0 Å². The third-order valence-corrected chi connectivity index (χ3v) is 3.53. The molecule has 1 aromatic carbocycles. The highest BCUT2D eigenvalue weighted by Gasteiger charge is 2.15. The van der Waals surface area contributed by atoms with Gasteiger partial charge in [0.2, 0.25) is 0 Å². The molecule has 0 fully saturated rings. The summed E-state index contributed by atoms with van der Waals surface area (Å²) in [5.74, 6) is 1.53. The summed E-state index contributed by atoms with van der Waals surface area (Å²) in [4.78, 5) is 0. The average Bonchev–Trinajstić information content (AvgIpc) is 2.30. The van der Waals surface area contributed by atoms with Crippen molar-refractivity contribution in [2.24, 2.45) is 11.8 Å². The van der Waals surface area contributed by atoms with Crippen molar-refractivity contribution in [3.63, 3.8) is 0 Å². The first-order valence-corrected chi connectivity index (χ1v) is 6.37. The first-order chi connectivity index (χ1) is 7.67. The van der Waals surface area contributed by atoms with Crippen LogP contribution in [-0.2, 0) is 6.42 Å². The fourth-order valence-electron chi connectivity index (χ4n) is 2.10. The molecule has 0 aliphatic heterocycles. The van der Waals surface area contributed by atoms with Crippen molar-refractivity contribution in [3.8, 4) is 0 Å². The number of hydrogen-bond acceptors (Lipinski definition) is 1. The lowest BCUT2D eigenvalue weighted by molar-refractivity contribution is 0.337. The molecule has 0 aliphatic carbocycles. The van der Waals surface area contributed by atoms with Crippen LogP contribution < -0.4 is 5.32 Å². The van der Waals surface area contributed by atoms with Crippen molar-refractivity contribution in [2.75, 3.05) is 13.6 Å². The second kappa shape index (κ2) is 6.70. The molecule has 0 radical (unpaired) electrons. The van der Waals surface area contributed by atoms with E-state index in [0.717, 1.165) is 18.4 Å². The molecule has 16 heavy (non-hydrogen) atoms. The largest absolute Gasteiger partial charge is 0.319 e. The number of rotatable bonds is 6. The number of aryl methyl sites for hydroxylation is 1. The molecule has 2 atom stereocenters. The van der Waals surface area contributed by atoms with Gasteiger partial charge < -0.3 is 5.32 Å². The molecule has 0 saturated carbocycles. The Morgan fingerprint density at radius 1 is 1.19 bits per heavy atom. The minimum atomic E-state index is 0.748. The summed E-state index contributed by atoms with van der Waals surface area (Å²) in [5, 5.41) is 3.31. The average molecular weight is 219 g/mol. The molecule has 1 N–H and O–H groups in total. The monoisotopic (exact) mass is 219 g/mol. The highest BCUT2D eigenvalue weighted by molar-refractivity contribution is 5.21. The normalized spacial score (nSPS) is 14.8. The Labute approximate surface area is 100 Å². The van der Waals surface area contributed by atoms with Gasteiger partial charge in [0.05, 0.1) is 0 Å². The van der Waals surface area contributed by atoms with E-state index in [-0.39, 0.29) is 0 Å². The second-order valence-electron chi connectivity index (χ2n) is 4.89. The van der Waals surface area contributed by atoms with Gasteiger partial charge in [-0.1, -0.05) is 50.1 Å². The molecule has 1 aromatic rings. The van der Waals surface area contributed by atoms with E-state index < -0.39 is 0 Å². The lowest BCUT2D eigenvalue weighted by Crippen LogP contribution is -2.26. The van der Waals surface area contributed by atoms with Crippen LogP contribution in [0.2, 0.25) is 0 Å². The molecule has 0 bridgehead atoms. The topological polar surface area (TPSA) is 12.0 Å². The molecule has 1 nitrogen and oxygen atoms in total. The van der Waals surface area contributed by atoms with Gasteiger partial charge in [-0.25, -0.2) is 0 Å². The highest BCUT2D eigenvalue weighted by Crippen LogP contribution is 2.20. The van der Waals surface area contributed by atoms with Crippen LogP contribution in [0.5, 0.6) is 0 Å². The Kier molecular flexibility index (Phi) is 5.54. The van der Waals surface area contributed by atoms with Gasteiger partial charge in [-0.2, -0.15) is 0 Å². The molecule has 1 heteroatoms. The first kappa shape index (κ1) is 13.2. The van der Waals surface area contributed by atoms with Crippen LogP contribution in [0.3, 0.4) is 0 Å². The minimum absolute atomic E-state index is 0.748. The van der Waals surface area contributed by atoms with Gasteiger partial charge in [0, 0.05) is 0 Å². The van der Waals surface area contributed by atoms with Crippen LogP contribution in [0.1, 0.15) is 31.4 Å². The SMILES string of the molecule is CCC(C)C(CNC)Cc1ccc(C)cc1. The second-order valence-corrected chi connectivity index (χ2v) is 4.89. The van der Waals surface area contributed by atoms with Crippen molar-refractivity contribution in [1.29, 1.82) is 0 Å². The summed E-state index contributed by atoms with van der Waals surface area (Å²) in [7, 11) is 2.05. The van der Waals surface area contributed by atoms with Crippen molar-refractivity contribution < 1.29 is 0 Å². The molecule has 0 aliphatic rings. The van der Waals surface area contributed by atoms with E-state index in [1.807, 2.05) is 7.05 Å². The molecule has 0 saturated heterocycles. The lowest BCUT2D eigenvalue weighted by Gasteiger charge is -2.22. The van der Waals surface area contributed by atoms with Gasteiger partial charge in [0.1, 0.15) is 0 Å². The van der Waals surface area contributed by atoms with Gasteiger partial charge in [0.15, 0.2) is 0 Å². The number of hydrogen-bond donors (Lipinski definition) is 1. The smallest absolute Gasteiger partial charge is 0.00178 e. The third kappa shape index (κ3) is 3.97.